The van der Waals surface area contributed by atoms with E-state index in [1.807, 2.05) is 0 Å². The average Bonchev–Trinajstić information content (AvgIpc) is 2.47. The highest BCUT2D eigenvalue weighted by Gasteiger charge is 2.08. The molecule has 1 aliphatic heterocycles. The van der Waals surface area contributed by atoms with Crippen molar-refractivity contribution in [2.75, 3.05) is 6.61 Å². The highest BCUT2D eigenvalue weighted by atomic mass is 32.1. The molecular formula is C8H6O3S. The molecule has 0 radical (unpaired) electrons. The molecule has 1 aliphatic rings. The molecule has 2 rings (SSSR count). The van der Waals surface area contributed by atoms with Gasteiger partial charge in [0.05, 0.1) is 10.1 Å². The third-order valence-electron chi connectivity index (χ3n) is 1.66. The summed E-state index contributed by atoms with van der Waals surface area (Å²) in [6.07, 6.45) is 3.39. The van der Waals surface area contributed by atoms with Crippen LogP contribution in [0.4, 0.5) is 0 Å². The Morgan fingerprint density at radius 2 is 2.50 bits per heavy atom. The van der Waals surface area contributed by atoms with Gasteiger partial charge >= 0.3 is 5.97 Å². The van der Waals surface area contributed by atoms with Crippen molar-refractivity contribution in [1.29, 1.82) is 0 Å². The lowest BCUT2D eigenvalue weighted by Gasteiger charge is -1.98. The second kappa shape index (κ2) is 2.64. The molecule has 0 aliphatic carbocycles. The highest BCUT2D eigenvalue weighted by Crippen LogP contribution is 1.97. The number of hydrogen-bond acceptors (Lipinski definition) is 3. The molecule has 1 N–H and O–H groups in total. The molecule has 4 heteroatoms. The highest BCUT2D eigenvalue weighted by molar-refractivity contribution is 7.08. The third-order valence-corrected chi connectivity index (χ3v) is 2.59. The first-order chi connectivity index (χ1) is 5.79. The molecule has 0 unspecified atom stereocenters. The molecule has 0 aromatic carbocycles. The van der Waals surface area contributed by atoms with E-state index in [0.29, 0.717) is 12.2 Å². The molecule has 2 heterocycles. The van der Waals surface area contributed by atoms with Crippen molar-refractivity contribution < 1.29 is 14.6 Å². The predicted octanol–water partition coefficient (Wildman–Crippen LogP) is -0.00500. The number of carboxylic acid groups (broad SMARTS) is 1. The Kier molecular flexibility index (Phi) is 1.62. The number of carboxylic acids is 1. The molecule has 0 amide bonds. The van der Waals surface area contributed by atoms with Gasteiger partial charge in [0, 0.05) is 10.6 Å². The second-order valence-electron chi connectivity index (χ2n) is 2.39. The zero-order valence-corrected chi connectivity index (χ0v) is 6.93. The first kappa shape index (κ1) is 7.36. The van der Waals surface area contributed by atoms with Crippen LogP contribution in [0, 0.1) is 0 Å². The zero-order valence-electron chi connectivity index (χ0n) is 6.11. The van der Waals surface area contributed by atoms with Gasteiger partial charge in [-0.1, -0.05) is 0 Å². The van der Waals surface area contributed by atoms with Crippen LogP contribution in [0.1, 0.15) is 10.4 Å². The van der Waals surface area contributed by atoms with E-state index >= 15 is 0 Å². The fourth-order valence-corrected chi connectivity index (χ4v) is 2.02. The Labute approximate surface area is 72.2 Å². The van der Waals surface area contributed by atoms with E-state index < -0.39 is 5.97 Å². The van der Waals surface area contributed by atoms with E-state index in [9.17, 15) is 4.79 Å². The van der Waals surface area contributed by atoms with Crippen LogP contribution < -0.4 is 9.75 Å². The van der Waals surface area contributed by atoms with Crippen LogP contribution >= 0.6 is 11.3 Å². The van der Waals surface area contributed by atoms with Crippen molar-refractivity contribution in [2.45, 2.75) is 0 Å². The van der Waals surface area contributed by atoms with Crippen molar-refractivity contribution in [3.05, 3.63) is 20.7 Å². The van der Waals surface area contributed by atoms with Gasteiger partial charge in [-0.25, -0.2) is 4.79 Å². The number of aromatic carboxylic acids is 1. The molecule has 0 fully saturated rings. The van der Waals surface area contributed by atoms with Crippen LogP contribution in [0.5, 0.6) is 0 Å². The first-order valence-corrected chi connectivity index (χ1v) is 4.30. The van der Waals surface area contributed by atoms with Crippen molar-refractivity contribution in [1.82, 2.24) is 0 Å². The van der Waals surface area contributed by atoms with E-state index in [4.69, 9.17) is 9.84 Å². The van der Waals surface area contributed by atoms with Crippen LogP contribution in [-0.4, -0.2) is 17.7 Å². The van der Waals surface area contributed by atoms with Crippen LogP contribution in [0.3, 0.4) is 0 Å². The van der Waals surface area contributed by atoms with Gasteiger partial charge in [-0.3, -0.25) is 0 Å². The maximum absolute atomic E-state index is 10.7. The molecule has 62 valence electrons. The smallest absolute Gasteiger partial charge is 0.337 e. The number of fused-ring (bicyclic) bond motifs is 1. The standard InChI is InChI=1S/C8H6O3S/c9-8(10)6-4-12-7-3-11-2-1-5(6)7/h1,3-4H,2H2,(H,9,10). The van der Waals surface area contributed by atoms with Crippen molar-refractivity contribution in [2.24, 2.45) is 0 Å². The largest absolute Gasteiger partial charge is 0.496 e. The fraction of sp³-hybridized carbons (Fsp3) is 0.125. The fourth-order valence-electron chi connectivity index (χ4n) is 1.10. The van der Waals surface area contributed by atoms with E-state index in [2.05, 4.69) is 0 Å². The SMILES string of the molecule is O=C(O)c1csc2c1=CCOC=2. The Hall–Kier alpha value is -1.29. The summed E-state index contributed by atoms with van der Waals surface area (Å²) in [5.74, 6) is -0.876. The molecule has 0 saturated carbocycles. The Bertz CT molecular complexity index is 430. The quantitative estimate of drug-likeness (QED) is 0.664. The number of rotatable bonds is 1. The summed E-state index contributed by atoms with van der Waals surface area (Å²) >= 11 is 1.39. The normalized spacial score (nSPS) is 13.7. The van der Waals surface area contributed by atoms with Crippen LogP contribution in [0.15, 0.2) is 5.38 Å². The summed E-state index contributed by atoms with van der Waals surface area (Å²) in [6, 6.07) is 0. The lowest BCUT2D eigenvalue weighted by molar-refractivity contribution is 0.0696. The summed E-state index contributed by atoms with van der Waals surface area (Å²) in [6.45, 7) is 0.462. The summed E-state index contributed by atoms with van der Waals surface area (Å²) in [7, 11) is 0. The Morgan fingerprint density at radius 1 is 1.67 bits per heavy atom. The maximum atomic E-state index is 10.7. The van der Waals surface area contributed by atoms with Gasteiger partial charge in [-0.05, 0) is 6.08 Å². The van der Waals surface area contributed by atoms with Crippen LogP contribution in [-0.2, 0) is 4.74 Å². The van der Waals surface area contributed by atoms with Gasteiger partial charge in [0.15, 0.2) is 0 Å². The second-order valence-corrected chi connectivity index (χ2v) is 3.30. The van der Waals surface area contributed by atoms with Crippen LogP contribution in [0.25, 0.3) is 12.3 Å². The molecule has 0 atom stereocenters. The monoisotopic (exact) mass is 182 g/mol. The van der Waals surface area contributed by atoms with Gasteiger partial charge < -0.3 is 9.84 Å². The van der Waals surface area contributed by atoms with Gasteiger partial charge in [-0.2, -0.15) is 0 Å². The van der Waals surface area contributed by atoms with E-state index in [-0.39, 0.29) is 0 Å². The van der Waals surface area contributed by atoms with E-state index in [1.165, 1.54) is 11.3 Å². The predicted molar refractivity (Wildman–Crippen MR) is 45.4 cm³/mol. The first-order valence-electron chi connectivity index (χ1n) is 3.42. The molecule has 0 saturated heterocycles. The topological polar surface area (TPSA) is 46.5 Å². The van der Waals surface area contributed by atoms with Gasteiger partial charge in [0.1, 0.15) is 12.9 Å². The number of hydrogen-bond donors (Lipinski definition) is 1. The van der Waals surface area contributed by atoms with Crippen molar-refractivity contribution in [3.63, 3.8) is 0 Å². The lowest BCUT2D eigenvalue weighted by Crippen LogP contribution is -2.27. The molecule has 1 aromatic heterocycles. The molecule has 3 nitrogen and oxygen atoms in total. The average molecular weight is 182 g/mol. The molecular weight excluding hydrogens is 176 g/mol. The molecule has 0 bridgehead atoms. The number of carbonyl (C=O) groups is 1. The molecule has 0 spiro atoms. The van der Waals surface area contributed by atoms with E-state index in [1.54, 1.807) is 17.7 Å². The lowest BCUT2D eigenvalue weighted by atomic mass is 10.2. The maximum Gasteiger partial charge on any atom is 0.337 e. The third kappa shape index (κ3) is 1.00. The summed E-state index contributed by atoms with van der Waals surface area (Å²) in [5.41, 5.74) is 0.370. The summed E-state index contributed by atoms with van der Waals surface area (Å²) in [4.78, 5) is 10.7. The Balaban J connectivity index is 2.76. The minimum Gasteiger partial charge on any atom is -0.496 e. The number of thiophene rings is 1. The number of ether oxygens (including phenoxy) is 1. The molecule has 1 aromatic rings. The zero-order chi connectivity index (χ0) is 8.55. The minimum atomic E-state index is -0.876. The molecule has 12 heavy (non-hydrogen) atoms. The summed E-state index contributed by atoms with van der Waals surface area (Å²) in [5, 5.41) is 11.2. The Morgan fingerprint density at radius 3 is 3.25 bits per heavy atom. The van der Waals surface area contributed by atoms with E-state index in [0.717, 1.165) is 9.75 Å². The van der Waals surface area contributed by atoms with Gasteiger partial charge in [-0.15, -0.1) is 11.3 Å². The van der Waals surface area contributed by atoms with Crippen LogP contribution in [0.2, 0.25) is 0 Å². The van der Waals surface area contributed by atoms with Crippen molar-refractivity contribution in [3.8, 4) is 0 Å². The summed E-state index contributed by atoms with van der Waals surface area (Å²) < 4.78 is 5.91. The minimum absolute atomic E-state index is 0.370. The van der Waals surface area contributed by atoms with Crippen molar-refractivity contribution >= 4 is 29.6 Å². The van der Waals surface area contributed by atoms with Gasteiger partial charge in [0.25, 0.3) is 0 Å². The van der Waals surface area contributed by atoms with Gasteiger partial charge in [0.2, 0.25) is 0 Å².